The fraction of sp³-hybridized carbons (Fsp3) is 0. The first-order valence-corrected chi connectivity index (χ1v) is 5.86. The number of hydrogen-bond donors (Lipinski definition) is 1. The Bertz CT molecular complexity index is 500. The van der Waals surface area contributed by atoms with Gasteiger partial charge in [-0.1, -0.05) is 11.8 Å². The molecule has 0 amide bonds. The van der Waals surface area contributed by atoms with Crippen molar-refractivity contribution in [1.82, 2.24) is 4.98 Å². The number of thiazole rings is 1. The average Bonchev–Trinajstić information content (AvgIpc) is 2.74. The van der Waals surface area contributed by atoms with Crippen molar-refractivity contribution < 1.29 is 0 Å². The quantitative estimate of drug-likeness (QED) is 0.810. The van der Waals surface area contributed by atoms with Gasteiger partial charge in [0.15, 0.2) is 4.34 Å². The molecule has 0 saturated heterocycles. The first-order chi connectivity index (χ1) is 7.29. The Balaban J connectivity index is 2.32. The van der Waals surface area contributed by atoms with Gasteiger partial charge in [0.2, 0.25) is 0 Å². The number of nitrogens with zero attached hydrogens (tertiary/aromatic N) is 2. The van der Waals surface area contributed by atoms with Crippen LogP contribution in [0.5, 0.6) is 0 Å². The summed E-state index contributed by atoms with van der Waals surface area (Å²) in [5, 5.41) is 10.7. The molecule has 0 atom stereocenters. The van der Waals surface area contributed by atoms with Gasteiger partial charge in [-0.2, -0.15) is 5.26 Å². The Morgan fingerprint density at radius 2 is 2.33 bits per heavy atom. The summed E-state index contributed by atoms with van der Waals surface area (Å²) in [6, 6.07) is 7.32. The van der Waals surface area contributed by atoms with Crippen molar-refractivity contribution in [2.45, 2.75) is 9.24 Å². The Morgan fingerprint density at radius 1 is 1.47 bits per heavy atom. The Hall–Kier alpha value is -1.51. The molecule has 0 unspecified atom stereocenters. The number of anilines is 1. The van der Waals surface area contributed by atoms with Crippen LogP contribution in [0.3, 0.4) is 0 Å². The highest BCUT2D eigenvalue weighted by atomic mass is 32.2. The molecule has 2 aromatic rings. The summed E-state index contributed by atoms with van der Waals surface area (Å²) >= 11 is 3.04. The van der Waals surface area contributed by atoms with E-state index in [1.165, 1.54) is 11.8 Å². The Morgan fingerprint density at radius 3 is 3.00 bits per heavy atom. The molecule has 0 bridgehead atoms. The van der Waals surface area contributed by atoms with Crippen LogP contribution in [0.4, 0.5) is 5.69 Å². The lowest BCUT2D eigenvalue weighted by Crippen LogP contribution is -1.89. The molecule has 0 spiro atoms. The maximum absolute atomic E-state index is 8.77. The van der Waals surface area contributed by atoms with E-state index in [9.17, 15) is 0 Å². The second kappa shape index (κ2) is 4.34. The minimum atomic E-state index is 0.614. The molecule has 1 aromatic heterocycles. The lowest BCUT2D eigenvalue weighted by molar-refractivity contribution is 1.25. The molecular weight excluding hydrogens is 226 g/mol. The summed E-state index contributed by atoms with van der Waals surface area (Å²) in [5.41, 5.74) is 7.10. The molecule has 0 aliphatic rings. The number of benzene rings is 1. The number of aromatic nitrogens is 1. The van der Waals surface area contributed by atoms with Crippen LogP contribution >= 0.6 is 23.1 Å². The zero-order valence-electron chi connectivity index (χ0n) is 7.68. The van der Waals surface area contributed by atoms with Gasteiger partial charge in [0.1, 0.15) is 0 Å². The van der Waals surface area contributed by atoms with Gasteiger partial charge in [0, 0.05) is 22.2 Å². The maximum Gasteiger partial charge on any atom is 0.154 e. The molecule has 3 nitrogen and oxygen atoms in total. The summed E-state index contributed by atoms with van der Waals surface area (Å²) in [6.45, 7) is 0. The number of nitriles is 1. The highest BCUT2D eigenvalue weighted by molar-refractivity contribution is 8.01. The molecule has 1 heterocycles. The minimum absolute atomic E-state index is 0.614. The van der Waals surface area contributed by atoms with Crippen LogP contribution in [-0.4, -0.2) is 4.98 Å². The third-order valence-corrected chi connectivity index (χ3v) is 3.71. The molecule has 74 valence electrons. The number of nitrogen functional groups attached to an aromatic ring is 1. The van der Waals surface area contributed by atoms with E-state index in [0.717, 1.165) is 9.24 Å². The summed E-state index contributed by atoms with van der Waals surface area (Å²) < 4.78 is 0.928. The lowest BCUT2D eigenvalue weighted by Gasteiger charge is -2.02. The number of hydrogen-bond acceptors (Lipinski definition) is 5. The molecule has 2 rings (SSSR count). The molecule has 1 aromatic carbocycles. The molecular formula is C10H7N3S2. The van der Waals surface area contributed by atoms with Gasteiger partial charge in [-0.15, -0.1) is 11.3 Å². The van der Waals surface area contributed by atoms with Gasteiger partial charge in [0.25, 0.3) is 0 Å². The largest absolute Gasteiger partial charge is 0.398 e. The number of rotatable bonds is 2. The topological polar surface area (TPSA) is 62.7 Å². The smallest absolute Gasteiger partial charge is 0.154 e. The van der Waals surface area contributed by atoms with Crippen LogP contribution in [-0.2, 0) is 0 Å². The van der Waals surface area contributed by atoms with Crippen molar-refractivity contribution in [3.05, 3.63) is 35.3 Å². The number of nitrogens with two attached hydrogens (primary N) is 1. The SMILES string of the molecule is N#Cc1ccc(N)c(Sc2nccs2)c1. The van der Waals surface area contributed by atoms with E-state index in [1.807, 2.05) is 5.38 Å². The molecule has 2 N–H and O–H groups in total. The van der Waals surface area contributed by atoms with E-state index in [4.69, 9.17) is 11.0 Å². The van der Waals surface area contributed by atoms with Gasteiger partial charge in [-0.05, 0) is 18.2 Å². The van der Waals surface area contributed by atoms with E-state index in [1.54, 1.807) is 35.7 Å². The molecule has 0 fully saturated rings. The molecule has 15 heavy (non-hydrogen) atoms. The molecule has 5 heteroatoms. The highest BCUT2D eigenvalue weighted by Crippen LogP contribution is 2.33. The highest BCUT2D eigenvalue weighted by Gasteiger charge is 2.04. The van der Waals surface area contributed by atoms with E-state index in [2.05, 4.69) is 11.1 Å². The van der Waals surface area contributed by atoms with E-state index in [0.29, 0.717) is 11.3 Å². The van der Waals surface area contributed by atoms with Crippen molar-refractivity contribution in [3.63, 3.8) is 0 Å². The van der Waals surface area contributed by atoms with Gasteiger partial charge in [-0.25, -0.2) is 4.98 Å². The van der Waals surface area contributed by atoms with Gasteiger partial charge in [-0.3, -0.25) is 0 Å². The monoisotopic (exact) mass is 233 g/mol. The fourth-order valence-corrected chi connectivity index (χ4v) is 2.71. The zero-order chi connectivity index (χ0) is 10.7. The standard InChI is InChI=1S/C10H7N3S2/c11-6-7-1-2-8(12)9(5-7)15-10-13-3-4-14-10/h1-5H,12H2. The molecule has 0 aliphatic carbocycles. The predicted octanol–water partition coefficient (Wildman–Crippen LogP) is 2.75. The molecule has 0 radical (unpaired) electrons. The Kier molecular flexibility index (Phi) is 2.90. The van der Waals surface area contributed by atoms with Crippen molar-refractivity contribution in [2.75, 3.05) is 5.73 Å². The third-order valence-electron chi connectivity index (χ3n) is 1.75. The Labute approximate surface area is 95.6 Å². The predicted molar refractivity (Wildman–Crippen MR) is 61.8 cm³/mol. The minimum Gasteiger partial charge on any atom is -0.398 e. The van der Waals surface area contributed by atoms with Crippen molar-refractivity contribution in [3.8, 4) is 6.07 Å². The summed E-state index contributed by atoms with van der Waals surface area (Å²) in [7, 11) is 0. The molecule has 0 saturated carbocycles. The van der Waals surface area contributed by atoms with E-state index in [-0.39, 0.29) is 0 Å². The van der Waals surface area contributed by atoms with Crippen molar-refractivity contribution in [1.29, 1.82) is 5.26 Å². The van der Waals surface area contributed by atoms with Crippen LogP contribution in [0.2, 0.25) is 0 Å². The van der Waals surface area contributed by atoms with Crippen LogP contribution in [0.1, 0.15) is 5.56 Å². The first-order valence-electron chi connectivity index (χ1n) is 4.16. The zero-order valence-corrected chi connectivity index (χ0v) is 9.31. The maximum atomic E-state index is 8.77. The van der Waals surface area contributed by atoms with E-state index < -0.39 is 0 Å². The lowest BCUT2D eigenvalue weighted by atomic mass is 10.2. The second-order valence-electron chi connectivity index (χ2n) is 2.76. The van der Waals surface area contributed by atoms with E-state index >= 15 is 0 Å². The van der Waals surface area contributed by atoms with Crippen LogP contribution in [0.15, 0.2) is 39.0 Å². The normalized spacial score (nSPS) is 9.80. The summed E-state index contributed by atoms with van der Waals surface area (Å²) in [6.07, 6.45) is 1.75. The van der Waals surface area contributed by atoms with Gasteiger partial charge in [0.05, 0.1) is 11.6 Å². The fourth-order valence-electron chi connectivity index (χ4n) is 1.05. The average molecular weight is 233 g/mol. The van der Waals surface area contributed by atoms with Crippen molar-refractivity contribution in [2.24, 2.45) is 0 Å². The summed E-state index contributed by atoms with van der Waals surface area (Å²) in [5.74, 6) is 0. The van der Waals surface area contributed by atoms with Crippen molar-refractivity contribution >= 4 is 28.8 Å². The molecule has 0 aliphatic heterocycles. The third kappa shape index (κ3) is 2.29. The van der Waals surface area contributed by atoms with Crippen LogP contribution < -0.4 is 5.73 Å². The summed E-state index contributed by atoms with van der Waals surface area (Å²) in [4.78, 5) is 5.03. The second-order valence-corrected chi connectivity index (χ2v) is 4.95. The van der Waals surface area contributed by atoms with Gasteiger partial charge < -0.3 is 5.73 Å². The van der Waals surface area contributed by atoms with Crippen LogP contribution in [0.25, 0.3) is 0 Å². The first kappa shape index (κ1) is 10.0. The van der Waals surface area contributed by atoms with Gasteiger partial charge >= 0.3 is 0 Å². The van der Waals surface area contributed by atoms with Crippen LogP contribution in [0, 0.1) is 11.3 Å².